The maximum absolute atomic E-state index is 10.2. The first-order valence-electron chi connectivity index (χ1n) is 6.90. The van der Waals surface area contributed by atoms with Crippen molar-refractivity contribution in [3.05, 3.63) is 65.7 Å². The number of aliphatic hydroxyl groups excluding tert-OH is 1. The van der Waals surface area contributed by atoms with Gasteiger partial charge in [0.1, 0.15) is 0 Å². The van der Waals surface area contributed by atoms with Crippen LogP contribution in [-0.4, -0.2) is 11.7 Å². The average molecular weight is 253 g/mol. The van der Waals surface area contributed by atoms with Gasteiger partial charge in [-0.2, -0.15) is 0 Å². The van der Waals surface area contributed by atoms with Gasteiger partial charge in [-0.05, 0) is 24.5 Å². The molecule has 0 fully saturated rings. The van der Waals surface area contributed by atoms with Gasteiger partial charge in [-0.25, -0.2) is 0 Å². The largest absolute Gasteiger partial charge is 0.388 e. The summed E-state index contributed by atoms with van der Waals surface area (Å²) in [5.41, 5.74) is 3.56. The first-order valence-corrected chi connectivity index (χ1v) is 6.90. The predicted octanol–water partition coefficient (Wildman–Crippen LogP) is 3.52. The number of anilines is 1. The Hall–Kier alpha value is -1.80. The van der Waals surface area contributed by atoms with Gasteiger partial charge in [0.2, 0.25) is 0 Å². The van der Waals surface area contributed by atoms with Crippen molar-refractivity contribution in [1.29, 1.82) is 0 Å². The Kier molecular flexibility index (Phi) is 3.51. The molecule has 1 N–H and O–H groups in total. The van der Waals surface area contributed by atoms with Gasteiger partial charge in [0, 0.05) is 24.3 Å². The Bertz CT molecular complexity index is 538. The molecule has 0 aliphatic carbocycles. The minimum atomic E-state index is -0.322. The highest BCUT2D eigenvalue weighted by Gasteiger charge is 2.20. The highest BCUT2D eigenvalue weighted by molar-refractivity contribution is 5.55. The van der Waals surface area contributed by atoms with E-state index in [9.17, 15) is 5.11 Å². The molecule has 98 valence electrons. The predicted molar refractivity (Wildman–Crippen MR) is 78.1 cm³/mol. The zero-order valence-corrected chi connectivity index (χ0v) is 11.0. The van der Waals surface area contributed by atoms with Crippen molar-refractivity contribution in [2.45, 2.75) is 25.5 Å². The number of hydrogen-bond acceptors (Lipinski definition) is 2. The molecule has 1 unspecified atom stereocenters. The Morgan fingerprint density at radius 1 is 1.00 bits per heavy atom. The first-order chi connectivity index (χ1) is 9.34. The van der Waals surface area contributed by atoms with Crippen LogP contribution in [0.4, 0.5) is 5.69 Å². The molecule has 2 aromatic carbocycles. The van der Waals surface area contributed by atoms with Crippen LogP contribution in [0.5, 0.6) is 0 Å². The number of hydrogen-bond donors (Lipinski definition) is 1. The van der Waals surface area contributed by atoms with Crippen molar-refractivity contribution in [2.24, 2.45) is 0 Å². The van der Waals surface area contributed by atoms with E-state index in [1.165, 1.54) is 11.3 Å². The van der Waals surface area contributed by atoms with Crippen LogP contribution in [0.3, 0.4) is 0 Å². The van der Waals surface area contributed by atoms with Crippen LogP contribution >= 0.6 is 0 Å². The van der Waals surface area contributed by atoms with Gasteiger partial charge in [-0.3, -0.25) is 0 Å². The van der Waals surface area contributed by atoms with Crippen molar-refractivity contribution >= 4 is 5.69 Å². The average Bonchev–Trinajstić information content (AvgIpc) is 2.61. The summed E-state index contributed by atoms with van der Waals surface area (Å²) in [5.74, 6) is 0. The molecular weight excluding hydrogens is 234 g/mol. The molecule has 0 saturated carbocycles. The molecule has 0 saturated heterocycles. The summed E-state index contributed by atoms with van der Waals surface area (Å²) in [4.78, 5) is 2.38. The van der Waals surface area contributed by atoms with Crippen molar-refractivity contribution in [1.82, 2.24) is 0 Å². The second-order valence-electron chi connectivity index (χ2n) is 5.12. The fraction of sp³-hybridized carbons (Fsp3) is 0.294. The standard InChI is InChI=1S/C17H19NO/c19-17-11-6-12-18(13-14-7-2-1-3-8-14)16-10-5-4-9-15(16)17/h1-5,7-10,17,19H,6,11-13H2. The van der Waals surface area contributed by atoms with Crippen LogP contribution in [0, 0.1) is 0 Å². The quantitative estimate of drug-likeness (QED) is 0.885. The molecule has 2 heteroatoms. The van der Waals surface area contributed by atoms with Crippen molar-refractivity contribution < 1.29 is 5.11 Å². The highest BCUT2D eigenvalue weighted by Crippen LogP contribution is 2.33. The Morgan fingerprint density at radius 3 is 2.58 bits per heavy atom. The van der Waals surface area contributed by atoms with Gasteiger partial charge >= 0.3 is 0 Å². The fourth-order valence-corrected chi connectivity index (χ4v) is 2.78. The van der Waals surface area contributed by atoms with E-state index in [2.05, 4.69) is 41.3 Å². The molecule has 19 heavy (non-hydrogen) atoms. The van der Waals surface area contributed by atoms with Crippen molar-refractivity contribution in [3.63, 3.8) is 0 Å². The van der Waals surface area contributed by atoms with Gasteiger partial charge in [-0.15, -0.1) is 0 Å². The molecule has 0 amide bonds. The topological polar surface area (TPSA) is 23.5 Å². The maximum atomic E-state index is 10.2. The summed E-state index contributed by atoms with van der Waals surface area (Å²) in [6.07, 6.45) is 1.56. The maximum Gasteiger partial charge on any atom is 0.0810 e. The smallest absolute Gasteiger partial charge is 0.0810 e. The normalized spacial score (nSPS) is 18.8. The lowest BCUT2D eigenvalue weighted by Gasteiger charge is -2.25. The van der Waals surface area contributed by atoms with Crippen LogP contribution in [-0.2, 0) is 6.54 Å². The second kappa shape index (κ2) is 5.45. The molecule has 3 rings (SSSR count). The third kappa shape index (κ3) is 2.64. The number of fused-ring (bicyclic) bond motifs is 1. The minimum Gasteiger partial charge on any atom is -0.388 e. The van der Waals surface area contributed by atoms with Gasteiger partial charge in [-0.1, -0.05) is 48.5 Å². The molecule has 0 radical (unpaired) electrons. The monoisotopic (exact) mass is 253 g/mol. The molecule has 2 aromatic rings. The lowest BCUT2D eigenvalue weighted by Crippen LogP contribution is -2.23. The number of para-hydroxylation sites is 1. The Balaban J connectivity index is 1.91. The third-order valence-electron chi connectivity index (χ3n) is 3.76. The molecule has 1 heterocycles. The number of benzene rings is 2. The molecule has 1 aliphatic heterocycles. The lowest BCUT2D eigenvalue weighted by molar-refractivity contribution is 0.168. The van der Waals surface area contributed by atoms with E-state index in [0.717, 1.165) is 31.5 Å². The van der Waals surface area contributed by atoms with E-state index in [0.29, 0.717) is 0 Å². The van der Waals surface area contributed by atoms with Crippen molar-refractivity contribution in [3.8, 4) is 0 Å². The van der Waals surface area contributed by atoms with Crippen LogP contribution in [0.2, 0.25) is 0 Å². The molecule has 0 aromatic heterocycles. The summed E-state index contributed by atoms with van der Waals surface area (Å²) >= 11 is 0. The fourth-order valence-electron chi connectivity index (χ4n) is 2.78. The van der Waals surface area contributed by atoms with Gasteiger partial charge in [0.15, 0.2) is 0 Å². The first kappa shape index (κ1) is 12.2. The summed E-state index contributed by atoms with van der Waals surface area (Å²) in [5, 5.41) is 10.2. The SMILES string of the molecule is OC1CCCN(Cc2ccccc2)c2ccccc21. The summed E-state index contributed by atoms with van der Waals surface area (Å²) in [7, 11) is 0. The summed E-state index contributed by atoms with van der Waals surface area (Å²) in [6.45, 7) is 1.91. The Labute approximate surface area is 114 Å². The van der Waals surface area contributed by atoms with Crippen molar-refractivity contribution in [2.75, 3.05) is 11.4 Å². The second-order valence-corrected chi connectivity index (χ2v) is 5.12. The molecular formula is C17H19NO. The van der Waals surface area contributed by atoms with Crippen LogP contribution in [0.25, 0.3) is 0 Å². The van der Waals surface area contributed by atoms with E-state index in [1.54, 1.807) is 0 Å². The molecule has 0 spiro atoms. The number of nitrogens with zero attached hydrogens (tertiary/aromatic N) is 1. The Morgan fingerprint density at radius 2 is 1.74 bits per heavy atom. The van der Waals surface area contributed by atoms with E-state index >= 15 is 0 Å². The zero-order valence-electron chi connectivity index (χ0n) is 11.0. The minimum absolute atomic E-state index is 0.322. The number of rotatable bonds is 2. The molecule has 0 bridgehead atoms. The van der Waals surface area contributed by atoms with E-state index in [1.807, 2.05) is 18.2 Å². The summed E-state index contributed by atoms with van der Waals surface area (Å²) in [6, 6.07) is 18.7. The van der Waals surface area contributed by atoms with Gasteiger partial charge < -0.3 is 10.0 Å². The van der Waals surface area contributed by atoms with E-state index in [-0.39, 0.29) is 6.10 Å². The van der Waals surface area contributed by atoms with Gasteiger partial charge in [0.05, 0.1) is 6.10 Å². The molecule has 1 atom stereocenters. The number of aliphatic hydroxyl groups is 1. The van der Waals surface area contributed by atoms with Crippen LogP contribution in [0.15, 0.2) is 54.6 Å². The summed E-state index contributed by atoms with van der Waals surface area (Å²) < 4.78 is 0. The van der Waals surface area contributed by atoms with E-state index < -0.39 is 0 Å². The molecule has 1 aliphatic rings. The lowest BCUT2D eigenvalue weighted by atomic mass is 10.0. The van der Waals surface area contributed by atoms with E-state index in [4.69, 9.17) is 0 Å². The third-order valence-corrected chi connectivity index (χ3v) is 3.76. The zero-order chi connectivity index (χ0) is 13.1. The van der Waals surface area contributed by atoms with Crippen LogP contribution in [0.1, 0.15) is 30.1 Å². The highest BCUT2D eigenvalue weighted by atomic mass is 16.3. The van der Waals surface area contributed by atoms with Crippen LogP contribution < -0.4 is 4.90 Å². The molecule has 2 nitrogen and oxygen atoms in total. The van der Waals surface area contributed by atoms with Gasteiger partial charge in [0.25, 0.3) is 0 Å².